The summed E-state index contributed by atoms with van der Waals surface area (Å²) in [7, 11) is 0. The lowest BCUT2D eigenvalue weighted by Gasteiger charge is -2.39. The molecule has 0 saturated carbocycles. The molecule has 0 bridgehead atoms. The zero-order valence-electron chi connectivity index (χ0n) is 17.0. The third-order valence-electron chi connectivity index (χ3n) is 5.79. The molecular weight excluding hydrogens is 424 g/mol. The van der Waals surface area contributed by atoms with Gasteiger partial charge in [-0.15, -0.1) is 0 Å². The predicted octanol–water partition coefficient (Wildman–Crippen LogP) is 5.95. The number of para-hydroxylation sites is 2. The lowest BCUT2D eigenvalue weighted by atomic mass is 9.73. The highest BCUT2D eigenvalue weighted by Crippen LogP contribution is 2.49. The summed E-state index contributed by atoms with van der Waals surface area (Å²) in [6.45, 7) is 1.07. The van der Waals surface area contributed by atoms with Crippen LogP contribution < -0.4 is 10.1 Å². The molecule has 1 aliphatic carbocycles. The van der Waals surface area contributed by atoms with Crippen molar-refractivity contribution in [3.8, 4) is 5.75 Å². The number of fused-ring (bicyclic) bond motifs is 3. The van der Waals surface area contributed by atoms with Crippen LogP contribution in [-0.4, -0.2) is 21.9 Å². The van der Waals surface area contributed by atoms with Crippen molar-refractivity contribution in [2.24, 2.45) is 5.41 Å². The summed E-state index contributed by atoms with van der Waals surface area (Å²) in [5.74, 6) is 0.507. The fourth-order valence-corrected chi connectivity index (χ4v) is 4.83. The number of ketones is 1. The van der Waals surface area contributed by atoms with Crippen LogP contribution in [0.25, 0.3) is 11.0 Å². The number of hydrogen-bond donors (Lipinski definition) is 1. The summed E-state index contributed by atoms with van der Waals surface area (Å²) in [6, 6.07) is 11.3. The summed E-state index contributed by atoms with van der Waals surface area (Å²) in [5, 5.41) is 3.71. The van der Waals surface area contributed by atoms with Crippen molar-refractivity contribution >= 4 is 34.4 Å². The number of rotatable bonds is 3. The molecule has 0 radical (unpaired) electrons. The number of hydrogen-bond acceptors (Lipinski definition) is 4. The van der Waals surface area contributed by atoms with Gasteiger partial charge >= 0.3 is 6.61 Å². The summed E-state index contributed by atoms with van der Waals surface area (Å²) in [6.07, 6.45) is 0.997. The first-order valence-electron chi connectivity index (χ1n) is 9.98. The van der Waals surface area contributed by atoms with Crippen molar-refractivity contribution in [3.63, 3.8) is 0 Å². The quantitative estimate of drug-likeness (QED) is 0.543. The number of benzene rings is 2. The van der Waals surface area contributed by atoms with Gasteiger partial charge in [-0.25, -0.2) is 4.98 Å². The number of alkyl halides is 2. The number of ether oxygens (including phenoxy) is 1. The normalized spacial score (nSPS) is 19.9. The van der Waals surface area contributed by atoms with Gasteiger partial charge in [-0.1, -0.05) is 37.6 Å². The van der Waals surface area contributed by atoms with Crippen LogP contribution >= 0.6 is 11.6 Å². The Balaban J connectivity index is 1.81. The van der Waals surface area contributed by atoms with Crippen molar-refractivity contribution in [1.82, 2.24) is 9.55 Å². The highest BCUT2D eigenvalue weighted by atomic mass is 35.5. The third kappa shape index (κ3) is 3.37. The van der Waals surface area contributed by atoms with Gasteiger partial charge in [-0.05, 0) is 42.2 Å². The molecule has 1 aliphatic heterocycles. The molecule has 0 fully saturated rings. The molecule has 1 aromatic heterocycles. The molecule has 0 saturated heterocycles. The van der Waals surface area contributed by atoms with Gasteiger partial charge in [-0.3, -0.25) is 9.36 Å². The Bertz CT molecular complexity index is 1250. The van der Waals surface area contributed by atoms with E-state index >= 15 is 0 Å². The molecular formula is C23H20ClF2N3O2. The molecule has 5 rings (SSSR count). The number of anilines is 1. The highest BCUT2D eigenvalue weighted by Gasteiger charge is 2.42. The first kappa shape index (κ1) is 20.0. The molecule has 5 nitrogen and oxygen atoms in total. The minimum Gasteiger partial charge on any atom is -0.434 e. The molecule has 1 atom stereocenters. The lowest BCUT2D eigenvalue weighted by molar-refractivity contribution is -0.118. The minimum absolute atomic E-state index is 0.0143. The number of carbonyl (C=O) groups is 1. The molecule has 2 heterocycles. The van der Waals surface area contributed by atoms with E-state index in [1.165, 1.54) is 12.1 Å². The van der Waals surface area contributed by atoms with E-state index in [1.807, 2.05) is 42.7 Å². The third-order valence-corrected chi connectivity index (χ3v) is 6.03. The van der Waals surface area contributed by atoms with Gasteiger partial charge < -0.3 is 10.1 Å². The lowest BCUT2D eigenvalue weighted by Crippen LogP contribution is -2.36. The number of carbonyl (C=O) groups excluding carboxylic acids is 1. The largest absolute Gasteiger partial charge is 0.434 e. The standard InChI is InChI=1S/C23H20ClF2N3O2/c1-23(2)10-15-19(17(30)11-23)20(13-9-12(24)7-8-18(13)31-21(25)26)29-16-6-4-3-5-14(16)27-22(29)28-15/h3-9,20-21H,10-11H2,1-2H3,(H,27,28)/t20-/m1/s1. The number of Topliss-reactive ketones (excluding diaryl/α,β-unsaturated/α-hetero) is 1. The van der Waals surface area contributed by atoms with E-state index in [0.717, 1.165) is 16.7 Å². The Labute approximate surface area is 182 Å². The van der Waals surface area contributed by atoms with Crippen molar-refractivity contribution in [1.29, 1.82) is 0 Å². The monoisotopic (exact) mass is 443 g/mol. The van der Waals surface area contributed by atoms with Gasteiger partial charge in [0, 0.05) is 28.3 Å². The van der Waals surface area contributed by atoms with E-state index in [-0.39, 0.29) is 16.9 Å². The fraction of sp³-hybridized carbons (Fsp3) is 0.304. The maximum Gasteiger partial charge on any atom is 0.387 e. The van der Waals surface area contributed by atoms with Gasteiger partial charge in [0.25, 0.3) is 0 Å². The van der Waals surface area contributed by atoms with Crippen LogP contribution in [0, 0.1) is 5.41 Å². The predicted molar refractivity (Wildman–Crippen MR) is 115 cm³/mol. The zero-order chi connectivity index (χ0) is 21.9. The minimum atomic E-state index is -3.00. The van der Waals surface area contributed by atoms with Gasteiger partial charge in [0.2, 0.25) is 5.95 Å². The maximum atomic E-state index is 13.4. The number of aromatic nitrogens is 2. The molecule has 2 aliphatic rings. The van der Waals surface area contributed by atoms with E-state index in [2.05, 4.69) is 5.32 Å². The summed E-state index contributed by atoms with van der Waals surface area (Å²) in [4.78, 5) is 18.1. The Morgan fingerprint density at radius 1 is 1.23 bits per heavy atom. The summed E-state index contributed by atoms with van der Waals surface area (Å²) < 4.78 is 33.1. The maximum absolute atomic E-state index is 13.4. The van der Waals surface area contributed by atoms with Crippen molar-refractivity contribution < 1.29 is 18.3 Å². The highest BCUT2D eigenvalue weighted by molar-refractivity contribution is 6.30. The van der Waals surface area contributed by atoms with Crippen LogP contribution in [0.15, 0.2) is 53.7 Å². The van der Waals surface area contributed by atoms with Gasteiger partial charge in [0.05, 0.1) is 17.1 Å². The summed E-state index contributed by atoms with van der Waals surface area (Å²) >= 11 is 6.26. The molecule has 0 unspecified atom stereocenters. The van der Waals surface area contributed by atoms with E-state index in [1.54, 1.807) is 6.07 Å². The Kier molecular flexibility index (Phi) is 4.55. The smallest absolute Gasteiger partial charge is 0.387 e. The molecule has 31 heavy (non-hydrogen) atoms. The van der Waals surface area contributed by atoms with Crippen molar-refractivity contribution in [3.05, 3.63) is 64.3 Å². The molecule has 2 aromatic carbocycles. The molecule has 0 amide bonds. The van der Waals surface area contributed by atoms with E-state index in [9.17, 15) is 13.6 Å². The number of imidazole rings is 1. The van der Waals surface area contributed by atoms with Gasteiger partial charge in [0.15, 0.2) is 5.78 Å². The van der Waals surface area contributed by atoms with Crippen LogP contribution in [0.1, 0.15) is 38.3 Å². The average molecular weight is 444 g/mol. The first-order valence-corrected chi connectivity index (χ1v) is 10.4. The Morgan fingerprint density at radius 2 is 2.00 bits per heavy atom. The van der Waals surface area contributed by atoms with Crippen LogP contribution in [0.5, 0.6) is 5.75 Å². The Morgan fingerprint density at radius 3 is 2.77 bits per heavy atom. The van der Waals surface area contributed by atoms with Crippen LogP contribution in [0.3, 0.4) is 0 Å². The van der Waals surface area contributed by atoms with Crippen LogP contribution in [-0.2, 0) is 4.79 Å². The topological polar surface area (TPSA) is 56.2 Å². The van der Waals surface area contributed by atoms with Crippen molar-refractivity contribution in [2.75, 3.05) is 5.32 Å². The van der Waals surface area contributed by atoms with E-state index < -0.39 is 12.7 Å². The van der Waals surface area contributed by atoms with Crippen molar-refractivity contribution in [2.45, 2.75) is 39.3 Å². The van der Waals surface area contributed by atoms with E-state index in [4.69, 9.17) is 21.3 Å². The van der Waals surface area contributed by atoms with Gasteiger partial charge in [-0.2, -0.15) is 8.78 Å². The van der Waals surface area contributed by atoms with E-state index in [0.29, 0.717) is 34.9 Å². The number of nitrogens with zero attached hydrogens (tertiary/aromatic N) is 2. The Hall–Kier alpha value is -2.93. The SMILES string of the molecule is CC1(C)CC(=O)C2=C(C1)Nc1nc3ccccc3n1[C@@H]2c1cc(Cl)ccc1OC(F)F. The second-order valence-electron chi connectivity index (χ2n) is 8.72. The van der Waals surface area contributed by atoms with Crippen LogP contribution in [0.4, 0.5) is 14.7 Å². The molecule has 3 aromatic rings. The second kappa shape index (κ2) is 7.05. The number of halogens is 3. The zero-order valence-corrected chi connectivity index (χ0v) is 17.7. The number of nitrogens with one attached hydrogen (secondary N) is 1. The molecule has 160 valence electrons. The first-order chi connectivity index (χ1) is 14.7. The van der Waals surface area contributed by atoms with Gasteiger partial charge in [0.1, 0.15) is 5.75 Å². The fourth-order valence-electron chi connectivity index (χ4n) is 4.65. The molecule has 8 heteroatoms. The summed E-state index contributed by atoms with van der Waals surface area (Å²) in [5.41, 5.74) is 2.99. The van der Waals surface area contributed by atoms with Crippen LogP contribution in [0.2, 0.25) is 5.02 Å². The second-order valence-corrected chi connectivity index (χ2v) is 9.15. The molecule has 0 spiro atoms. The molecule has 1 N–H and O–H groups in total. The number of allylic oxidation sites excluding steroid dienone is 2. The average Bonchev–Trinajstić information content (AvgIpc) is 3.04.